The number of rotatable bonds is 4. The van der Waals surface area contributed by atoms with Crippen LogP contribution >= 0.6 is 0 Å². The lowest BCUT2D eigenvalue weighted by Crippen LogP contribution is -2.33. The predicted molar refractivity (Wildman–Crippen MR) is 75.0 cm³/mol. The molecule has 0 amide bonds. The molecule has 0 aromatic heterocycles. The molecule has 2 atom stereocenters. The lowest BCUT2D eigenvalue weighted by molar-refractivity contribution is 0.0170. The van der Waals surface area contributed by atoms with Gasteiger partial charge in [0.25, 0.3) is 0 Å². The summed E-state index contributed by atoms with van der Waals surface area (Å²) in [5.41, 5.74) is 0.449. The van der Waals surface area contributed by atoms with Gasteiger partial charge in [-0.15, -0.1) is 0 Å². The fourth-order valence-electron chi connectivity index (χ4n) is 3.42. The van der Waals surface area contributed by atoms with Crippen LogP contribution in [0.1, 0.15) is 73.1 Å². The van der Waals surface area contributed by atoms with E-state index in [1.807, 2.05) is 0 Å². The van der Waals surface area contributed by atoms with Gasteiger partial charge in [0.05, 0.1) is 6.10 Å². The van der Waals surface area contributed by atoms with Crippen molar-refractivity contribution < 1.29 is 5.11 Å². The molecule has 0 aromatic carbocycles. The van der Waals surface area contributed by atoms with Crippen LogP contribution in [0.4, 0.5) is 0 Å². The summed E-state index contributed by atoms with van der Waals surface area (Å²) in [5, 5.41) is 10.4. The van der Waals surface area contributed by atoms with E-state index < -0.39 is 0 Å². The van der Waals surface area contributed by atoms with Crippen molar-refractivity contribution in [3.05, 3.63) is 0 Å². The summed E-state index contributed by atoms with van der Waals surface area (Å²) in [6.07, 6.45) is 7.38. The number of hydrogen-bond acceptors (Lipinski definition) is 1. The first kappa shape index (κ1) is 15.0. The molecule has 1 nitrogen and oxygen atoms in total. The summed E-state index contributed by atoms with van der Waals surface area (Å²) in [5.74, 6) is 1.90. The second-order valence-electron chi connectivity index (χ2n) is 7.23. The van der Waals surface area contributed by atoms with E-state index in [4.69, 9.17) is 0 Å². The van der Waals surface area contributed by atoms with E-state index >= 15 is 0 Å². The van der Waals surface area contributed by atoms with Crippen LogP contribution in [-0.4, -0.2) is 11.2 Å². The molecule has 0 spiro atoms. The number of aliphatic hydroxyl groups is 1. The van der Waals surface area contributed by atoms with Crippen LogP contribution in [0, 0.1) is 23.2 Å². The van der Waals surface area contributed by atoms with Crippen molar-refractivity contribution in [2.75, 3.05) is 0 Å². The highest BCUT2D eigenvalue weighted by atomic mass is 16.3. The van der Waals surface area contributed by atoms with Crippen molar-refractivity contribution in [2.24, 2.45) is 23.2 Å². The fraction of sp³-hybridized carbons (Fsp3) is 1.00. The molecule has 1 aliphatic rings. The smallest absolute Gasteiger partial charge is 0.0593 e. The quantitative estimate of drug-likeness (QED) is 0.759. The van der Waals surface area contributed by atoms with Crippen LogP contribution in [0.3, 0.4) is 0 Å². The molecular weight excluding hydrogens is 208 g/mol. The fourth-order valence-corrected chi connectivity index (χ4v) is 3.42. The Labute approximate surface area is 108 Å². The summed E-state index contributed by atoms with van der Waals surface area (Å²) in [4.78, 5) is 0. The zero-order valence-electron chi connectivity index (χ0n) is 12.5. The molecule has 1 saturated carbocycles. The van der Waals surface area contributed by atoms with E-state index in [1.165, 1.54) is 38.5 Å². The van der Waals surface area contributed by atoms with Crippen molar-refractivity contribution in [1.82, 2.24) is 0 Å². The zero-order chi connectivity index (χ0) is 13.1. The molecular formula is C16H32O. The van der Waals surface area contributed by atoms with Gasteiger partial charge in [-0.05, 0) is 55.3 Å². The van der Waals surface area contributed by atoms with Gasteiger partial charge in [-0.2, -0.15) is 0 Å². The molecule has 1 heteroatoms. The molecule has 0 aromatic rings. The van der Waals surface area contributed by atoms with E-state index in [0.717, 1.165) is 5.92 Å². The van der Waals surface area contributed by atoms with Gasteiger partial charge in [-0.25, -0.2) is 0 Å². The van der Waals surface area contributed by atoms with Crippen LogP contribution in [0.25, 0.3) is 0 Å². The summed E-state index contributed by atoms with van der Waals surface area (Å²) in [7, 11) is 0. The van der Waals surface area contributed by atoms with Gasteiger partial charge in [0, 0.05) is 0 Å². The van der Waals surface area contributed by atoms with E-state index in [9.17, 15) is 5.11 Å². The maximum Gasteiger partial charge on any atom is 0.0593 e. The standard InChI is InChI=1S/C16H32O/c1-6-7-12(2)15(17)13-8-10-14(11-9-13)16(3,4)5/h12-15,17H,6-11H2,1-5H3. The molecule has 2 unspecified atom stereocenters. The molecule has 0 aliphatic heterocycles. The normalized spacial score (nSPS) is 30.0. The van der Waals surface area contributed by atoms with Crippen LogP contribution in [0.15, 0.2) is 0 Å². The molecule has 102 valence electrons. The zero-order valence-corrected chi connectivity index (χ0v) is 12.5. The van der Waals surface area contributed by atoms with E-state index in [0.29, 0.717) is 17.3 Å². The Morgan fingerprint density at radius 3 is 2.06 bits per heavy atom. The van der Waals surface area contributed by atoms with Gasteiger partial charge in [0.15, 0.2) is 0 Å². The highest BCUT2D eigenvalue weighted by Crippen LogP contribution is 2.41. The summed E-state index contributed by atoms with van der Waals surface area (Å²) < 4.78 is 0. The van der Waals surface area contributed by atoms with Gasteiger partial charge in [-0.3, -0.25) is 0 Å². The molecule has 17 heavy (non-hydrogen) atoms. The Balaban J connectivity index is 2.41. The second kappa shape index (κ2) is 6.22. The van der Waals surface area contributed by atoms with Gasteiger partial charge >= 0.3 is 0 Å². The number of aliphatic hydroxyl groups excluding tert-OH is 1. The van der Waals surface area contributed by atoms with Crippen LogP contribution in [0.5, 0.6) is 0 Å². The highest BCUT2D eigenvalue weighted by Gasteiger charge is 2.33. The lowest BCUT2D eigenvalue weighted by Gasteiger charge is -2.39. The minimum Gasteiger partial charge on any atom is -0.393 e. The largest absolute Gasteiger partial charge is 0.393 e. The Morgan fingerprint density at radius 1 is 1.12 bits per heavy atom. The third-order valence-electron chi connectivity index (χ3n) is 4.81. The second-order valence-corrected chi connectivity index (χ2v) is 7.23. The van der Waals surface area contributed by atoms with Crippen LogP contribution < -0.4 is 0 Å². The van der Waals surface area contributed by atoms with Gasteiger partial charge in [0.1, 0.15) is 0 Å². The minimum absolute atomic E-state index is 0.0594. The average Bonchev–Trinajstić information content (AvgIpc) is 2.27. The summed E-state index contributed by atoms with van der Waals surface area (Å²) >= 11 is 0. The monoisotopic (exact) mass is 240 g/mol. The molecule has 1 N–H and O–H groups in total. The van der Waals surface area contributed by atoms with Crippen LogP contribution in [0.2, 0.25) is 0 Å². The van der Waals surface area contributed by atoms with Crippen molar-refractivity contribution in [2.45, 2.75) is 79.2 Å². The maximum absolute atomic E-state index is 10.4. The topological polar surface area (TPSA) is 20.2 Å². The average molecular weight is 240 g/mol. The van der Waals surface area contributed by atoms with Gasteiger partial charge in [-0.1, -0.05) is 41.0 Å². The third-order valence-corrected chi connectivity index (χ3v) is 4.81. The Kier molecular flexibility index (Phi) is 5.50. The minimum atomic E-state index is -0.0594. The Bertz CT molecular complexity index is 208. The molecule has 1 rings (SSSR count). The Hall–Kier alpha value is -0.0400. The van der Waals surface area contributed by atoms with Gasteiger partial charge < -0.3 is 5.11 Å². The van der Waals surface area contributed by atoms with Crippen molar-refractivity contribution >= 4 is 0 Å². The lowest BCUT2D eigenvalue weighted by atomic mass is 9.68. The molecule has 0 heterocycles. The summed E-state index contributed by atoms with van der Waals surface area (Å²) in [6.45, 7) is 11.5. The highest BCUT2D eigenvalue weighted by molar-refractivity contribution is 4.84. The molecule has 1 aliphatic carbocycles. The van der Waals surface area contributed by atoms with E-state index in [-0.39, 0.29) is 6.10 Å². The molecule has 0 bridgehead atoms. The molecule has 0 radical (unpaired) electrons. The third kappa shape index (κ3) is 4.28. The first-order valence-electron chi connectivity index (χ1n) is 7.54. The Morgan fingerprint density at radius 2 is 1.65 bits per heavy atom. The van der Waals surface area contributed by atoms with Crippen molar-refractivity contribution in [3.63, 3.8) is 0 Å². The van der Waals surface area contributed by atoms with Crippen LogP contribution in [-0.2, 0) is 0 Å². The first-order chi connectivity index (χ1) is 7.86. The van der Waals surface area contributed by atoms with Gasteiger partial charge in [0.2, 0.25) is 0 Å². The van der Waals surface area contributed by atoms with E-state index in [2.05, 4.69) is 34.6 Å². The van der Waals surface area contributed by atoms with E-state index in [1.54, 1.807) is 0 Å². The molecule has 0 saturated heterocycles. The van der Waals surface area contributed by atoms with Crippen molar-refractivity contribution in [1.29, 1.82) is 0 Å². The summed E-state index contributed by atoms with van der Waals surface area (Å²) in [6, 6.07) is 0. The van der Waals surface area contributed by atoms with Crippen molar-refractivity contribution in [3.8, 4) is 0 Å². The first-order valence-corrected chi connectivity index (χ1v) is 7.54. The number of hydrogen-bond donors (Lipinski definition) is 1. The SMILES string of the molecule is CCCC(C)C(O)C1CCC(C(C)(C)C)CC1. The maximum atomic E-state index is 10.4. The molecule has 1 fully saturated rings. The predicted octanol–water partition coefficient (Wildman–Crippen LogP) is 4.64.